The Morgan fingerprint density at radius 2 is 0.473 bits per heavy atom. The first-order chi connectivity index (χ1) is 27.3. The van der Waals surface area contributed by atoms with Crippen molar-refractivity contribution in [3.05, 3.63) is 0 Å². The number of ether oxygens (including phenoxy) is 11. The molecule has 0 rings (SSSR count). The zero-order valence-corrected chi connectivity index (χ0v) is 35.7. The summed E-state index contributed by atoms with van der Waals surface area (Å²) in [6.07, 6.45) is 23.9. The van der Waals surface area contributed by atoms with Crippen molar-refractivity contribution in [2.75, 3.05) is 139 Å². The molecule has 55 heavy (non-hydrogen) atoms. The van der Waals surface area contributed by atoms with E-state index in [4.69, 9.17) is 52.1 Å². The molecule has 330 valence electrons. The van der Waals surface area contributed by atoms with Gasteiger partial charge in [-0.2, -0.15) is 0 Å². The standard InChI is InChI=1S/C43H86O12/c1-3-5-7-9-10-11-12-13-14-15-16-18-20-22-45-23-24-46-25-26-47-27-28-48-29-30-49-31-32-50-33-34-51-35-36-52-37-38-53-39-40-54-41-42-55-43(44)21-19-17-8-6-4-2/h3-42H2,1-2H3. The third-order valence-electron chi connectivity index (χ3n) is 8.72. The Balaban J connectivity index is 3.08. The number of carbonyl (C=O) groups is 1. The predicted octanol–water partition coefficient (Wildman–Crippen LogP) is 8.15. The van der Waals surface area contributed by atoms with Crippen molar-refractivity contribution in [3.8, 4) is 0 Å². The third kappa shape index (κ3) is 51.1. The summed E-state index contributed by atoms with van der Waals surface area (Å²) in [7, 11) is 0. The maximum absolute atomic E-state index is 11.6. The lowest BCUT2D eigenvalue weighted by Crippen LogP contribution is -2.15. The summed E-state index contributed by atoms with van der Waals surface area (Å²) in [5.41, 5.74) is 0. The summed E-state index contributed by atoms with van der Waals surface area (Å²) in [5.74, 6) is -0.144. The molecule has 0 N–H and O–H groups in total. The Hall–Kier alpha value is -0.930. The van der Waals surface area contributed by atoms with Crippen molar-refractivity contribution in [1.82, 2.24) is 0 Å². The molecule has 0 saturated heterocycles. The molecule has 0 radical (unpaired) electrons. The minimum Gasteiger partial charge on any atom is -0.463 e. The lowest BCUT2D eigenvalue weighted by molar-refractivity contribution is -0.145. The van der Waals surface area contributed by atoms with Crippen LogP contribution in [0.25, 0.3) is 0 Å². The lowest BCUT2D eigenvalue weighted by Gasteiger charge is -2.09. The predicted molar refractivity (Wildman–Crippen MR) is 218 cm³/mol. The second kappa shape index (κ2) is 51.1. The van der Waals surface area contributed by atoms with E-state index in [-0.39, 0.29) is 12.6 Å². The van der Waals surface area contributed by atoms with E-state index in [1.54, 1.807) is 0 Å². The topological polar surface area (TPSA) is 119 Å². The van der Waals surface area contributed by atoms with Crippen molar-refractivity contribution >= 4 is 5.97 Å². The molecule has 0 saturated carbocycles. The summed E-state index contributed by atoms with van der Waals surface area (Å²) < 4.78 is 60.4. The molecule has 0 heterocycles. The van der Waals surface area contributed by atoms with Crippen LogP contribution in [-0.2, 0) is 56.9 Å². The molecule has 0 aliphatic rings. The molecule has 0 spiro atoms. The highest BCUT2D eigenvalue weighted by atomic mass is 16.6. The first-order valence-corrected chi connectivity index (χ1v) is 22.2. The first-order valence-electron chi connectivity index (χ1n) is 22.2. The highest BCUT2D eigenvalue weighted by Crippen LogP contribution is 2.12. The molecular formula is C43H86O12. The van der Waals surface area contributed by atoms with Crippen molar-refractivity contribution in [1.29, 1.82) is 0 Å². The van der Waals surface area contributed by atoms with Gasteiger partial charge < -0.3 is 52.1 Å². The zero-order chi connectivity index (χ0) is 39.6. The third-order valence-corrected chi connectivity index (χ3v) is 8.72. The average Bonchev–Trinajstić information content (AvgIpc) is 3.19. The van der Waals surface area contributed by atoms with E-state index in [1.807, 2.05) is 0 Å². The van der Waals surface area contributed by atoms with E-state index < -0.39 is 0 Å². The van der Waals surface area contributed by atoms with E-state index in [0.29, 0.717) is 132 Å². The molecular weight excluding hydrogens is 708 g/mol. The Morgan fingerprint density at radius 3 is 0.764 bits per heavy atom. The number of esters is 1. The van der Waals surface area contributed by atoms with Gasteiger partial charge in [-0.3, -0.25) is 4.79 Å². The van der Waals surface area contributed by atoms with Crippen molar-refractivity contribution in [2.45, 2.75) is 136 Å². The second-order valence-corrected chi connectivity index (χ2v) is 13.8. The molecule has 0 aromatic heterocycles. The van der Waals surface area contributed by atoms with Gasteiger partial charge in [0.25, 0.3) is 0 Å². The van der Waals surface area contributed by atoms with Crippen molar-refractivity contribution < 1.29 is 56.9 Å². The normalized spacial score (nSPS) is 11.5. The summed E-state index contributed by atoms with van der Waals surface area (Å²) >= 11 is 0. The van der Waals surface area contributed by atoms with Crippen LogP contribution in [0.2, 0.25) is 0 Å². The first kappa shape index (κ1) is 54.1. The quantitative estimate of drug-likeness (QED) is 0.0437. The molecule has 0 aromatic carbocycles. The van der Waals surface area contributed by atoms with Gasteiger partial charge in [0.2, 0.25) is 0 Å². The average molecular weight is 795 g/mol. The summed E-state index contributed by atoms with van der Waals surface area (Å²) in [6, 6.07) is 0. The van der Waals surface area contributed by atoms with Gasteiger partial charge in [0, 0.05) is 13.0 Å². The van der Waals surface area contributed by atoms with Gasteiger partial charge in [-0.1, -0.05) is 117 Å². The number of unbranched alkanes of at least 4 members (excludes halogenated alkanes) is 16. The minimum absolute atomic E-state index is 0.144. The van der Waals surface area contributed by atoms with Crippen LogP contribution in [0.5, 0.6) is 0 Å². The fourth-order valence-electron chi connectivity index (χ4n) is 5.46. The van der Waals surface area contributed by atoms with E-state index in [2.05, 4.69) is 13.8 Å². The van der Waals surface area contributed by atoms with Gasteiger partial charge in [0.15, 0.2) is 0 Å². The van der Waals surface area contributed by atoms with Gasteiger partial charge >= 0.3 is 5.97 Å². The Bertz CT molecular complexity index is 703. The number of rotatable bonds is 50. The Kier molecular flexibility index (Phi) is 50.2. The number of carbonyl (C=O) groups excluding carboxylic acids is 1. The largest absolute Gasteiger partial charge is 0.463 e. The molecule has 0 aliphatic heterocycles. The fraction of sp³-hybridized carbons (Fsp3) is 0.977. The highest BCUT2D eigenvalue weighted by Gasteiger charge is 2.03. The summed E-state index contributed by atoms with van der Waals surface area (Å²) in [5, 5.41) is 0. The molecule has 12 heteroatoms. The number of hydrogen-bond donors (Lipinski definition) is 0. The van der Waals surface area contributed by atoms with E-state index in [0.717, 1.165) is 25.9 Å². The van der Waals surface area contributed by atoms with Crippen LogP contribution in [0.1, 0.15) is 136 Å². The van der Waals surface area contributed by atoms with E-state index in [9.17, 15) is 4.79 Å². The van der Waals surface area contributed by atoms with Crippen molar-refractivity contribution in [3.63, 3.8) is 0 Å². The van der Waals surface area contributed by atoms with Crippen LogP contribution < -0.4 is 0 Å². The molecule has 0 fully saturated rings. The maximum atomic E-state index is 11.6. The molecule has 0 unspecified atom stereocenters. The number of hydrogen-bond acceptors (Lipinski definition) is 12. The van der Waals surface area contributed by atoms with Crippen LogP contribution in [0.15, 0.2) is 0 Å². The van der Waals surface area contributed by atoms with E-state index >= 15 is 0 Å². The fourth-order valence-corrected chi connectivity index (χ4v) is 5.46. The summed E-state index contributed by atoms with van der Waals surface area (Å²) in [6.45, 7) is 15.4. The van der Waals surface area contributed by atoms with Crippen molar-refractivity contribution in [2.24, 2.45) is 0 Å². The molecule has 0 aliphatic carbocycles. The molecule has 0 atom stereocenters. The second-order valence-electron chi connectivity index (χ2n) is 13.8. The van der Waals surface area contributed by atoms with Crippen LogP contribution >= 0.6 is 0 Å². The van der Waals surface area contributed by atoms with E-state index in [1.165, 1.54) is 96.3 Å². The molecule has 0 aromatic rings. The van der Waals surface area contributed by atoms with Gasteiger partial charge in [-0.25, -0.2) is 0 Å². The summed E-state index contributed by atoms with van der Waals surface area (Å²) in [4.78, 5) is 11.6. The van der Waals surface area contributed by atoms with Gasteiger partial charge in [-0.15, -0.1) is 0 Å². The van der Waals surface area contributed by atoms with Crippen LogP contribution in [-0.4, -0.2) is 145 Å². The Labute approximate surface area is 336 Å². The molecule has 12 nitrogen and oxygen atoms in total. The van der Waals surface area contributed by atoms with Crippen LogP contribution in [0, 0.1) is 0 Å². The van der Waals surface area contributed by atoms with Gasteiger partial charge in [0.1, 0.15) is 6.61 Å². The molecule has 0 amide bonds. The SMILES string of the molecule is CCCCCCCCCCCCCCCOCCOCCOCCOCCOCCOCCOCCOCCOCCOCCOC(=O)CCCCCCC. The van der Waals surface area contributed by atoms with Gasteiger partial charge in [0.05, 0.1) is 126 Å². The Morgan fingerprint density at radius 1 is 0.255 bits per heavy atom. The maximum Gasteiger partial charge on any atom is 0.305 e. The van der Waals surface area contributed by atoms with Gasteiger partial charge in [-0.05, 0) is 12.8 Å². The highest BCUT2D eigenvalue weighted by molar-refractivity contribution is 5.69. The van der Waals surface area contributed by atoms with Crippen LogP contribution in [0.4, 0.5) is 0 Å². The lowest BCUT2D eigenvalue weighted by atomic mass is 10.0. The zero-order valence-electron chi connectivity index (χ0n) is 35.7. The van der Waals surface area contributed by atoms with Crippen LogP contribution in [0.3, 0.4) is 0 Å². The smallest absolute Gasteiger partial charge is 0.305 e. The monoisotopic (exact) mass is 795 g/mol. The minimum atomic E-state index is -0.144. The molecule has 0 bridgehead atoms.